The van der Waals surface area contributed by atoms with Crippen molar-refractivity contribution in [1.82, 2.24) is 5.32 Å². The Morgan fingerprint density at radius 2 is 1.96 bits per heavy atom. The minimum absolute atomic E-state index is 0.0819. The van der Waals surface area contributed by atoms with E-state index >= 15 is 0 Å². The molecule has 0 aromatic heterocycles. The highest BCUT2D eigenvalue weighted by atomic mass is 16.5. The Kier molecular flexibility index (Phi) is 6.49. The van der Waals surface area contributed by atoms with Crippen molar-refractivity contribution in [1.29, 1.82) is 0 Å². The lowest BCUT2D eigenvalue weighted by Crippen LogP contribution is -2.41. The van der Waals surface area contributed by atoms with Crippen molar-refractivity contribution in [3.63, 3.8) is 0 Å². The third-order valence-corrected chi connectivity index (χ3v) is 4.65. The molecular formula is C19H29NO4. The Labute approximate surface area is 144 Å². The first-order chi connectivity index (χ1) is 11.5. The summed E-state index contributed by atoms with van der Waals surface area (Å²) in [5.74, 6) is 1.93. The average Bonchev–Trinajstić information content (AvgIpc) is 2.59. The van der Waals surface area contributed by atoms with E-state index in [2.05, 4.69) is 19.2 Å². The summed E-state index contributed by atoms with van der Waals surface area (Å²) in [7, 11) is 3.16. The van der Waals surface area contributed by atoms with Crippen molar-refractivity contribution in [2.24, 2.45) is 11.8 Å². The van der Waals surface area contributed by atoms with Crippen molar-refractivity contribution in [2.75, 3.05) is 27.4 Å². The van der Waals surface area contributed by atoms with Crippen LogP contribution in [-0.4, -0.2) is 39.4 Å². The number of nitrogens with one attached hydrogen (secondary N) is 1. The van der Waals surface area contributed by atoms with Crippen molar-refractivity contribution >= 4 is 5.91 Å². The summed E-state index contributed by atoms with van der Waals surface area (Å²) in [6, 6.07) is 3.56. The normalized spacial score (nSPS) is 20.8. The van der Waals surface area contributed by atoms with Gasteiger partial charge in [-0.05, 0) is 43.4 Å². The summed E-state index contributed by atoms with van der Waals surface area (Å²) < 4.78 is 16.5. The largest absolute Gasteiger partial charge is 0.493 e. The third kappa shape index (κ3) is 4.20. The molecule has 1 amide bonds. The summed E-state index contributed by atoms with van der Waals surface area (Å²) in [6.07, 6.45) is 2.36. The summed E-state index contributed by atoms with van der Waals surface area (Å²) >= 11 is 0. The van der Waals surface area contributed by atoms with Crippen LogP contribution in [0.3, 0.4) is 0 Å². The maximum absolute atomic E-state index is 12.6. The second-order valence-electron chi connectivity index (χ2n) is 6.71. The second-order valence-corrected chi connectivity index (χ2v) is 6.71. The van der Waals surface area contributed by atoms with Crippen LogP contribution in [0.15, 0.2) is 12.1 Å². The second kappa shape index (κ2) is 8.38. The molecule has 1 N–H and O–H groups in total. The van der Waals surface area contributed by atoms with Crippen LogP contribution in [-0.2, 0) is 4.74 Å². The number of hydrogen-bond donors (Lipinski definition) is 1. The molecule has 0 aliphatic carbocycles. The van der Waals surface area contributed by atoms with Gasteiger partial charge in [-0.3, -0.25) is 4.79 Å². The van der Waals surface area contributed by atoms with E-state index in [-0.39, 0.29) is 12.0 Å². The molecule has 2 rings (SSSR count). The summed E-state index contributed by atoms with van der Waals surface area (Å²) in [4.78, 5) is 12.6. The molecule has 1 aliphatic heterocycles. The molecule has 5 heteroatoms. The Bertz CT molecular complexity index is 571. The third-order valence-electron chi connectivity index (χ3n) is 4.65. The molecule has 5 nitrogen and oxygen atoms in total. The Balaban J connectivity index is 2.07. The first-order valence-corrected chi connectivity index (χ1v) is 8.60. The summed E-state index contributed by atoms with van der Waals surface area (Å²) in [5.41, 5.74) is 1.48. The molecule has 24 heavy (non-hydrogen) atoms. The monoisotopic (exact) mass is 335 g/mol. The van der Waals surface area contributed by atoms with Gasteiger partial charge in [0.1, 0.15) is 0 Å². The van der Waals surface area contributed by atoms with Crippen LogP contribution in [0.2, 0.25) is 0 Å². The molecule has 1 aromatic rings. The minimum Gasteiger partial charge on any atom is -0.493 e. The Morgan fingerprint density at radius 3 is 2.58 bits per heavy atom. The average molecular weight is 335 g/mol. The van der Waals surface area contributed by atoms with E-state index < -0.39 is 0 Å². The van der Waals surface area contributed by atoms with Crippen molar-refractivity contribution in [3.05, 3.63) is 23.3 Å². The Hall–Kier alpha value is -1.75. The smallest absolute Gasteiger partial charge is 0.251 e. The van der Waals surface area contributed by atoms with Gasteiger partial charge in [0, 0.05) is 24.6 Å². The van der Waals surface area contributed by atoms with Crippen LogP contribution in [0, 0.1) is 18.8 Å². The van der Waals surface area contributed by atoms with Gasteiger partial charge in [-0.25, -0.2) is 0 Å². The fourth-order valence-corrected chi connectivity index (χ4v) is 3.36. The molecule has 0 bridgehead atoms. The van der Waals surface area contributed by atoms with Gasteiger partial charge in [0.25, 0.3) is 5.91 Å². The van der Waals surface area contributed by atoms with Gasteiger partial charge < -0.3 is 19.5 Å². The first kappa shape index (κ1) is 18.6. The predicted octanol–water partition coefficient (Wildman–Crippen LogP) is 3.19. The molecular weight excluding hydrogens is 306 g/mol. The molecule has 1 fully saturated rings. The number of carbonyl (C=O) groups excluding carboxylic acids is 1. The molecule has 1 saturated heterocycles. The van der Waals surface area contributed by atoms with Gasteiger partial charge in [0.2, 0.25) is 0 Å². The zero-order valence-corrected chi connectivity index (χ0v) is 15.3. The van der Waals surface area contributed by atoms with Gasteiger partial charge >= 0.3 is 0 Å². The maximum atomic E-state index is 12.6. The van der Waals surface area contributed by atoms with Gasteiger partial charge in [-0.15, -0.1) is 0 Å². The van der Waals surface area contributed by atoms with Gasteiger partial charge in [-0.2, -0.15) is 0 Å². The standard InChI is InChI=1S/C19H29NO4/c1-12(2)18-14(7-6-8-24-18)11-20-19(21)15-10-17(23-5)16(22-4)9-13(15)3/h9-10,12,14,18H,6-8,11H2,1-5H3,(H,20,21)/t14-,18-/m0/s1. The van der Waals surface area contributed by atoms with Crippen LogP contribution in [0.4, 0.5) is 0 Å². The molecule has 134 valence electrons. The van der Waals surface area contributed by atoms with E-state index in [9.17, 15) is 4.79 Å². The Morgan fingerprint density at radius 1 is 1.29 bits per heavy atom. The quantitative estimate of drug-likeness (QED) is 0.867. The summed E-state index contributed by atoms with van der Waals surface area (Å²) in [6.45, 7) is 7.70. The number of aryl methyl sites for hydroxylation is 1. The molecule has 1 aromatic carbocycles. The molecule has 0 radical (unpaired) electrons. The van der Waals surface area contributed by atoms with Gasteiger partial charge in [0.15, 0.2) is 11.5 Å². The van der Waals surface area contributed by atoms with E-state index in [1.165, 1.54) is 0 Å². The molecule has 0 unspecified atom stereocenters. The van der Waals surface area contributed by atoms with Crippen LogP contribution in [0.1, 0.15) is 42.6 Å². The topological polar surface area (TPSA) is 56.8 Å². The van der Waals surface area contributed by atoms with Crippen LogP contribution >= 0.6 is 0 Å². The van der Waals surface area contributed by atoms with E-state index in [0.29, 0.717) is 35.4 Å². The number of rotatable bonds is 6. The molecule has 1 aliphatic rings. The minimum atomic E-state index is -0.0819. The predicted molar refractivity (Wildman–Crippen MR) is 93.9 cm³/mol. The number of methoxy groups -OCH3 is 2. The van der Waals surface area contributed by atoms with Gasteiger partial charge in [0.05, 0.1) is 20.3 Å². The first-order valence-electron chi connectivity index (χ1n) is 8.60. The zero-order chi connectivity index (χ0) is 17.7. The van der Waals surface area contributed by atoms with E-state index in [4.69, 9.17) is 14.2 Å². The lowest BCUT2D eigenvalue weighted by molar-refractivity contribution is -0.0510. The number of amides is 1. The van der Waals surface area contributed by atoms with Crippen molar-refractivity contribution in [2.45, 2.75) is 39.7 Å². The molecule has 0 saturated carbocycles. The fourth-order valence-electron chi connectivity index (χ4n) is 3.36. The zero-order valence-electron chi connectivity index (χ0n) is 15.3. The molecule has 1 heterocycles. The SMILES string of the molecule is COc1cc(C)c(C(=O)NC[C@@H]2CCCO[C@H]2C(C)C)cc1OC. The molecule has 2 atom stereocenters. The summed E-state index contributed by atoms with van der Waals surface area (Å²) in [5, 5.41) is 3.07. The number of hydrogen-bond acceptors (Lipinski definition) is 4. The van der Waals surface area contributed by atoms with E-state index in [1.807, 2.05) is 13.0 Å². The number of carbonyl (C=O) groups is 1. The lowest BCUT2D eigenvalue weighted by atomic mass is 9.87. The van der Waals surface area contributed by atoms with Gasteiger partial charge in [-0.1, -0.05) is 13.8 Å². The highest BCUT2D eigenvalue weighted by molar-refractivity contribution is 5.96. The lowest BCUT2D eigenvalue weighted by Gasteiger charge is -2.34. The van der Waals surface area contributed by atoms with E-state index in [1.54, 1.807) is 20.3 Å². The molecule has 0 spiro atoms. The van der Waals surface area contributed by atoms with Crippen molar-refractivity contribution < 1.29 is 19.0 Å². The fraction of sp³-hybridized carbons (Fsp3) is 0.632. The highest BCUT2D eigenvalue weighted by Gasteiger charge is 2.29. The van der Waals surface area contributed by atoms with Crippen LogP contribution < -0.4 is 14.8 Å². The number of ether oxygens (including phenoxy) is 3. The van der Waals surface area contributed by atoms with Crippen molar-refractivity contribution in [3.8, 4) is 11.5 Å². The highest BCUT2D eigenvalue weighted by Crippen LogP contribution is 2.30. The maximum Gasteiger partial charge on any atom is 0.251 e. The van der Waals surface area contributed by atoms with Crippen LogP contribution in [0.25, 0.3) is 0 Å². The number of benzene rings is 1. The van der Waals surface area contributed by atoms with Crippen LogP contribution in [0.5, 0.6) is 11.5 Å². The van der Waals surface area contributed by atoms with E-state index in [0.717, 1.165) is 25.0 Å².